The fourth-order valence-electron chi connectivity index (χ4n) is 1.12. The van der Waals surface area contributed by atoms with E-state index in [1.807, 2.05) is 6.07 Å². The summed E-state index contributed by atoms with van der Waals surface area (Å²) >= 11 is 7.15. The monoisotopic (exact) mass is 265 g/mol. The maximum atomic E-state index is 11.6. The van der Waals surface area contributed by atoms with Gasteiger partial charge >= 0.3 is 0 Å². The van der Waals surface area contributed by atoms with Gasteiger partial charge in [-0.2, -0.15) is 5.10 Å². The van der Waals surface area contributed by atoms with Crippen molar-refractivity contribution in [3.05, 3.63) is 51.4 Å². The highest BCUT2D eigenvalue weighted by atomic mass is 35.5. The summed E-state index contributed by atoms with van der Waals surface area (Å²) in [6, 6.07) is 6.84. The zero-order chi connectivity index (χ0) is 12.1. The van der Waals surface area contributed by atoms with Crippen LogP contribution in [0.2, 0.25) is 4.34 Å². The molecule has 2 aromatic heterocycles. The number of nitrogens with one attached hydrogen (secondary N) is 1. The number of rotatable bonds is 3. The van der Waals surface area contributed by atoms with Crippen molar-refractivity contribution in [2.24, 2.45) is 5.10 Å². The third-order valence-electron chi connectivity index (χ3n) is 1.89. The number of carbonyl (C=O) groups excluding carboxylic acids is 1. The molecule has 0 bridgehead atoms. The van der Waals surface area contributed by atoms with E-state index in [1.165, 1.54) is 11.3 Å². The first-order valence-corrected chi connectivity index (χ1v) is 5.94. The summed E-state index contributed by atoms with van der Waals surface area (Å²) < 4.78 is 0.687. The molecule has 0 spiro atoms. The van der Waals surface area contributed by atoms with E-state index in [4.69, 9.17) is 11.6 Å². The van der Waals surface area contributed by atoms with Crippen molar-refractivity contribution < 1.29 is 4.79 Å². The van der Waals surface area contributed by atoms with E-state index in [0.29, 0.717) is 9.90 Å². The Morgan fingerprint density at radius 3 is 2.76 bits per heavy atom. The third kappa shape index (κ3) is 3.37. The Balaban J connectivity index is 1.95. The molecule has 0 aromatic carbocycles. The lowest BCUT2D eigenvalue weighted by molar-refractivity contribution is 0.0955. The van der Waals surface area contributed by atoms with E-state index < -0.39 is 0 Å². The number of aromatic nitrogens is 1. The molecule has 2 aromatic rings. The second-order valence-electron chi connectivity index (χ2n) is 3.08. The lowest BCUT2D eigenvalue weighted by Crippen LogP contribution is -2.17. The highest BCUT2D eigenvalue weighted by Crippen LogP contribution is 2.19. The molecule has 1 N–H and O–H groups in total. The van der Waals surface area contributed by atoms with Crippen molar-refractivity contribution >= 4 is 35.1 Å². The van der Waals surface area contributed by atoms with E-state index in [9.17, 15) is 4.79 Å². The van der Waals surface area contributed by atoms with Crippen LogP contribution in [0.15, 0.2) is 41.8 Å². The van der Waals surface area contributed by atoms with Crippen LogP contribution in [0.1, 0.15) is 15.2 Å². The fraction of sp³-hybridized carbons (Fsp3) is 0. The molecule has 0 aliphatic heterocycles. The van der Waals surface area contributed by atoms with Crippen LogP contribution in [0, 0.1) is 0 Å². The van der Waals surface area contributed by atoms with Gasteiger partial charge in [0.15, 0.2) is 0 Å². The van der Waals surface area contributed by atoms with E-state index in [2.05, 4.69) is 15.5 Å². The van der Waals surface area contributed by atoms with Crippen LogP contribution in [0.5, 0.6) is 0 Å². The highest BCUT2D eigenvalue weighted by Gasteiger charge is 2.02. The molecule has 0 saturated heterocycles. The number of hydrazone groups is 1. The molecular formula is C11H8ClN3OS. The zero-order valence-corrected chi connectivity index (χ0v) is 10.2. The van der Waals surface area contributed by atoms with Gasteiger partial charge < -0.3 is 0 Å². The molecule has 2 rings (SSSR count). The second-order valence-corrected chi connectivity index (χ2v) is 4.82. The number of hydrogen-bond acceptors (Lipinski definition) is 4. The Labute approximate surface area is 107 Å². The van der Waals surface area contributed by atoms with Gasteiger partial charge in [-0.3, -0.25) is 9.78 Å². The van der Waals surface area contributed by atoms with Gasteiger partial charge in [0.2, 0.25) is 0 Å². The summed E-state index contributed by atoms with van der Waals surface area (Å²) in [4.78, 5) is 16.3. The molecule has 2 heterocycles. The molecular weight excluding hydrogens is 258 g/mol. The molecule has 86 valence electrons. The summed E-state index contributed by atoms with van der Waals surface area (Å²) in [6.45, 7) is 0. The van der Waals surface area contributed by atoms with Gasteiger partial charge in [-0.15, -0.1) is 11.3 Å². The summed E-state index contributed by atoms with van der Waals surface area (Å²) in [5.74, 6) is -0.272. The van der Waals surface area contributed by atoms with Crippen molar-refractivity contribution in [3.8, 4) is 0 Å². The van der Waals surface area contributed by atoms with Crippen molar-refractivity contribution in [3.63, 3.8) is 0 Å². The maximum Gasteiger partial charge on any atom is 0.271 e. The molecule has 0 saturated carbocycles. The third-order valence-corrected chi connectivity index (χ3v) is 3.06. The minimum absolute atomic E-state index is 0.272. The number of carbonyl (C=O) groups is 1. The summed E-state index contributed by atoms with van der Waals surface area (Å²) in [5, 5.41) is 3.84. The summed E-state index contributed by atoms with van der Waals surface area (Å²) in [7, 11) is 0. The topological polar surface area (TPSA) is 54.4 Å². The van der Waals surface area contributed by atoms with Gasteiger partial charge in [0.05, 0.1) is 10.6 Å². The molecule has 0 atom stereocenters. The Morgan fingerprint density at radius 2 is 2.12 bits per heavy atom. The van der Waals surface area contributed by atoms with Gasteiger partial charge in [0, 0.05) is 22.8 Å². The van der Waals surface area contributed by atoms with E-state index in [1.54, 1.807) is 36.8 Å². The van der Waals surface area contributed by atoms with Crippen LogP contribution in [0.4, 0.5) is 0 Å². The van der Waals surface area contributed by atoms with Crippen LogP contribution >= 0.6 is 22.9 Å². The number of pyridine rings is 1. The molecule has 17 heavy (non-hydrogen) atoms. The van der Waals surface area contributed by atoms with Gasteiger partial charge in [-0.25, -0.2) is 5.43 Å². The van der Waals surface area contributed by atoms with Gasteiger partial charge in [0.25, 0.3) is 5.91 Å². The zero-order valence-electron chi connectivity index (χ0n) is 8.63. The fourth-order valence-corrected chi connectivity index (χ4v) is 2.05. The Bertz CT molecular complexity index is 539. The Morgan fingerprint density at radius 1 is 1.35 bits per heavy atom. The normalized spacial score (nSPS) is 10.6. The van der Waals surface area contributed by atoms with Crippen LogP contribution in [0.3, 0.4) is 0 Å². The Hall–Kier alpha value is -1.72. The highest BCUT2D eigenvalue weighted by molar-refractivity contribution is 7.17. The van der Waals surface area contributed by atoms with Crippen molar-refractivity contribution in [1.82, 2.24) is 10.4 Å². The Kier molecular flexibility index (Phi) is 3.85. The second kappa shape index (κ2) is 5.56. The average molecular weight is 266 g/mol. The smallest absolute Gasteiger partial charge is 0.267 e. The van der Waals surface area contributed by atoms with Crippen molar-refractivity contribution in [2.75, 3.05) is 0 Å². The van der Waals surface area contributed by atoms with Crippen LogP contribution in [-0.2, 0) is 0 Å². The molecule has 1 amide bonds. The minimum Gasteiger partial charge on any atom is -0.267 e. The van der Waals surface area contributed by atoms with Crippen LogP contribution < -0.4 is 5.43 Å². The van der Waals surface area contributed by atoms with Crippen LogP contribution in [0.25, 0.3) is 0 Å². The van der Waals surface area contributed by atoms with Crippen LogP contribution in [-0.4, -0.2) is 17.1 Å². The predicted molar refractivity (Wildman–Crippen MR) is 68.6 cm³/mol. The first-order valence-electron chi connectivity index (χ1n) is 4.74. The van der Waals surface area contributed by atoms with E-state index in [0.717, 1.165) is 4.88 Å². The van der Waals surface area contributed by atoms with Gasteiger partial charge in [-0.05, 0) is 24.3 Å². The van der Waals surface area contributed by atoms with Gasteiger partial charge in [-0.1, -0.05) is 11.6 Å². The van der Waals surface area contributed by atoms with E-state index >= 15 is 0 Å². The summed E-state index contributed by atoms with van der Waals surface area (Å²) in [6.07, 6.45) is 4.66. The number of hydrogen-bond donors (Lipinski definition) is 1. The largest absolute Gasteiger partial charge is 0.271 e. The number of nitrogens with zero attached hydrogens (tertiary/aromatic N) is 2. The van der Waals surface area contributed by atoms with Gasteiger partial charge in [0.1, 0.15) is 0 Å². The molecule has 4 nitrogen and oxygen atoms in total. The van der Waals surface area contributed by atoms with Crippen molar-refractivity contribution in [1.29, 1.82) is 0 Å². The first-order chi connectivity index (χ1) is 8.25. The molecule has 0 fully saturated rings. The SMILES string of the molecule is O=C(N/N=C\c1ccc(Cl)s1)c1ccncc1. The molecule has 6 heteroatoms. The quantitative estimate of drug-likeness (QED) is 0.685. The number of thiophene rings is 1. The lowest BCUT2D eigenvalue weighted by Gasteiger charge is -1.97. The number of amides is 1. The standard InChI is InChI=1S/C11H8ClN3OS/c12-10-2-1-9(17-10)7-14-15-11(16)8-3-5-13-6-4-8/h1-7H,(H,15,16)/b14-7-. The average Bonchev–Trinajstić information content (AvgIpc) is 2.76. The number of halogens is 1. The molecule has 0 aliphatic carbocycles. The summed E-state index contributed by atoms with van der Waals surface area (Å²) in [5.41, 5.74) is 2.94. The molecule has 0 aliphatic rings. The van der Waals surface area contributed by atoms with E-state index in [-0.39, 0.29) is 5.91 Å². The molecule has 0 radical (unpaired) electrons. The minimum atomic E-state index is -0.272. The maximum absolute atomic E-state index is 11.6. The first kappa shape index (κ1) is 11.8. The lowest BCUT2D eigenvalue weighted by atomic mass is 10.3. The predicted octanol–water partition coefficient (Wildman–Crippen LogP) is 2.56. The van der Waals surface area contributed by atoms with Crippen molar-refractivity contribution in [2.45, 2.75) is 0 Å². The molecule has 0 unspecified atom stereocenters.